The number of hydrogen-bond acceptors (Lipinski definition) is 2. The van der Waals surface area contributed by atoms with Crippen LogP contribution in [0.25, 0.3) is 0 Å². The summed E-state index contributed by atoms with van der Waals surface area (Å²) < 4.78 is 0. The number of amides is 2. The van der Waals surface area contributed by atoms with Crippen LogP contribution in [0.5, 0.6) is 0 Å². The highest BCUT2D eigenvalue weighted by molar-refractivity contribution is 6.30. The molecule has 2 fully saturated rings. The van der Waals surface area contributed by atoms with Crippen LogP contribution in [0.2, 0.25) is 5.02 Å². The molecule has 2 aliphatic rings. The number of carbonyl (C=O) groups is 2. The highest BCUT2D eigenvalue weighted by Gasteiger charge is 2.43. The maximum atomic E-state index is 13.6. The first-order chi connectivity index (χ1) is 12.0. The molecule has 1 saturated heterocycles. The van der Waals surface area contributed by atoms with Crippen molar-refractivity contribution in [2.75, 3.05) is 26.2 Å². The van der Waals surface area contributed by atoms with E-state index in [0.717, 1.165) is 50.8 Å². The molecule has 5 heteroatoms. The van der Waals surface area contributed by atoms with Crippen molar-refractivity contribution in [1.29, 1.82) is 0 Å². The Labute approximate surface area is 155 Å². The monoisotopic (exact) mass is 362 g/mol. The SMILES string of the molecule is CC(=O)N1CCCN(C(=O)C2(c3cccc(Cl)c3)CCCCC2)CC1. The first-order valence-electron chi connectivity index (χ1n) is 9.34. The van der Waals surface area contributed by atoms with E-state index in [1.54, 1.807) is 6.92 Å². The summed E-state index contributed by atoms with van der Waals surface area (Å²) in [4.78, 5) is 29.1. The van der Waals surface area contributed by atoms with E-state index in [9.17, 15) is 9.59 Å². The molecule has 1 heterocycles. The predicted octanol–water partition coefficient (Wildman–Crippen LogP) is 3.62. The lowest BCUT2D eigenvalue weighted by atomic mass is 9.68. The van der Waals surface area contributed by atoms with Gasteiger partial charge in [-0.05, 0) is 37.0 Å². The normalized spacial score (nSPS) is 20.9. The number of rotatable bonds is 2. The Morgan fingerprint density at radius 1 is 0.960 bits per heavy atom. The summed E-state index contributed by atoms with van der Waals surface area (Å²) >= 11 is 6.23. The standard InChI is InChI=1S/C20H27ClN2O2/c1-16(24)22-11-6-12-23(14-13-22)19(25)20(9-3-2-4-10-20)17-7-5-8-18(21)15-17/h5,7-8,15H,2-4,6,9-14H2,1H3. The zero-order chi connectivity index (χ0) is 17.9. The summed E-state index contributed by atoms with van der Waals surface area (Å²) in [6.45, 7) is 4.33. The molecule has 4 nitrogen and oxygen atoms in total. The van der Waals surface area contributed by atoms with Crippen LogP contribution in [-0.2, 0) is 15.0 Å². The second-order valence-electron chi connectivity index (χ2n) is 7.30. The molecule has 3 rings (SSSR count). The van der Waals surface area contributed by atoms with Gasteiger partial charge < -0.3 is 9.80 Å². The third kappa shape index (κ3) is 3.84. The van der Waals surface area contributed by atoms with E-state index in [0.29, 0.717) is 18.1 Å². The second-order valence-corrected chi connectivity index (χ2v) is 7.74. The van der Waals surface area contributed by atoms with Crippen LogP contribution >= 0.6 is 11.6 Å². The smallest absolute Gasteiger partial charge is 0.233 e. The summed E-state index contributed by atoms with van der Waals surface area (Å²) in [5, 5.41) is 0.689. The van der Waals surface area contributed by atoms with Crippen molar-refractivity contribution in [3.63, 3.8) is 0 Å². The molecule has 0 radical (unpaired) electrons. The van der Waals surface area contributed by atoms with Crippen LogP contribution in [-0.4, -0.2) is 47.8 Å². The summed E-state index contributed by atoms with van der Waals surface area (Å²) in [6, 6.07) is 7.82. The van der Waals surface area contributed by atoms with E-state index in [-0.39, 0.29) is 11.8 Å². The van der Waals surface area contributed by atoms with Gasteiger partial charge >= 0.3 is 0 Å². The first-order valence-corrected chi connectivity index (χ1v) is 9.72. The number of hydrogen-bond donors (Lipinski definition) is 0. The van der Waals surface area contributed by atoms with Gasteiger partial charge in [-0.2, -0.15) is 0 Å². The van der Waals surface area contributed by atoms with Crippen molar-refractivity contribution in [3.05, 3.63) is 34.9 Å². The molecule has 2 amide bonds. The van der Waals surface area contributed by atoms with Crippen molar-refractivity contribution in [1.82, 2.24) is 9.80 Å². The van der Waals surface area contributed by atoms with Gasteiger partial charge in [-0.25, -0.2) is 0 Å². The molecule has 0 spiro atoms. The lowest BCUT2D eigenvalue weighted by Crippen LogP contribution is -2.49. The van der Waals surface area contributed by atoms with Gasteiger partial charge in [0.1, 0.15) is 0 Å². The molecule has 25 heavy (non-hydrogen) atoms. The minimum absolute atomic E-state index is 0.0940. The Bertz CT molecular complexity index is 640. The van der Waals surface area contributed by atoms with Gasteiger partial charge in [-0.3, -0.25) is 9.59 Å². The molecule has 0 N–H and O–H groups in total. The molecule has 1 aromatic carbocycles. The largest absolute Gasteiger partial charge is 0.341 e. The lowest BCUT2D eigenvalue weighted by Gasteiger charge is -2.40. The van der Waals surface area contributed by atoms with Gasteiger partial charge in [0.25, 0.3) is 0 Å². The Balaban J connectivity index is 1.86. The molecule has 1 aliphatic heterocycles. The molecule has 1 saturated carbocycles. The van der Waals surface area contributed by atoms with E-state index >= 15 is 0 Å². The summed E-state index contributed by atoms with van der Waals surface area (Å²) in [6.07, 6.45) is 5.96. The first kappa shape index (κ1) is 18.2. The number of halogens is 1. The van der Waals surface area contributed by atoms with Crippen LogP contribution in [0.3, 0.4) is 0 Å². The van der Waals surface area contributed by atoms with E-state index in [1.165, 1.54) is 6.42 Å². The van der Waals surface area contributed by atoms with Crippen molar-refractivity contribution in [2.45, 2.75) is 50.9 Å². The fourth-order valence-corrected chi connectivity index (χ4v) is 4.50. The molecule has 0 bridgehead atoms. The maximum absolute atomic E-state index is 13.6. The van der Waals surface area contributed by atoms with Crippen molar-refractivity contribution >= 4 is 23.4 Å². The fourth-order valence-electron chi connectivity index (χ4n) is 4.31. The third-order valence-corrected chi connectivity index (χ3v) is 5.96. The Kier molecular flexibility index (Phi) is 5.67. The number of benzene rings is 1. The van der Waals surface area contributed by atoms with E-state index < -0.39 is 5.41 Å². The summed E-state index contributed by atoms with van der Waals surface area (Å²) in [5.41, 5.74) is 0.603. The highest BCUT2D eigenvalue weighted by Crippen LogP contribution is 2.42. The van der Waals surface area contributed by atoms with Crippen LogP contribution in [0.15, 0.2) is 24.3 Å². The van der Waals surface area contributed by atoms with Gasteiger partial charge in [0.05, 0.1) is 5.41 Å². The van der Waals surface area contributed by atoms with Gasteiger partial charge in [-0.1, -0.05) is 43.0 Å². The van der Waals surface area contributed by atoms with Gasteiger partial charge in [0, 0.05) is 38.1 Å². The zero-order valence-electron chi connectivity index (χ0n) is 15.0. The predicted molar refractivity (Wildman–Crippen MR) is 99.7 cm³/mol. The van der Waals surface area contributed by atoms with Gasteiger partial charge in [0.15, 0.2) is 0 Å². The maximum Gasteiger partial charge on any atom is 0.233 e. The molecule has 1 aliphatic carbocycles. The molecule has 0 unspecified atom stereocenters. The minimum Gasteiger partial charge on any atom is -0.341 e. The second kappa shape index (κ2) is 7.77. The van der Waals surface area contributed by atoms with Gasteiger partial charge in [0.2, 0.25) is 11.8 Å². The summed E-state index contributed by atoms with van der Waals surface area (Å²) in [7, 11) is 0. The average Bonchev–Trinajstić information content (AvgIpc) is 2.88. The molecule has 0 atom stereocenters. The van der Waals surface area contributed by atoms with E-state index in [1.807, 2.05) is 28.0 Å². The third-order valence-electron chi connectivity index (χ3n) is 5.72. The van der Waals surface area contributed by atoms with E-state index in [4.69, 9.17) is 11.6 Å². The lowest BCUT2D eigenvalue weighted by molar-refractivity contribution is -0.139. The Hall–Kier alpha value is -1.55. The minimum atomic E-state index is -0.450. The summed E-state index contributed by atoms with van der Waals surface area (Å²) in [5.74, 6) is 0.316. The van der Waals surface area contributed by atoms with E-state index in [2.05, 4.69) is 6.07 Å². The fraction of sp³-hybridized carbons (Fsp3) is 0.600. The quantitative estimate of drug-likeness (QED) is 0.806. The molecule has 136 valence electrons. The molecule has 0 aromatic heterocycles. The highest BCUT2D eigenvalue weighted by atomic mass is 35.5. The number of carbonyl (C=O) groups excluding carboxylic acids is 2. The molecule has 1 aromatic rings. The zero-order valence-corrected chi connectivity index (χ0v) is 15.7. The Morgan fingerprint density at radius 3 is 2.32 bits per heavy atom. The van der Waals surface area contributed by atoms with Crippen molar-refractivity contribution in [2.24, 2.45) is 0 Å². The number of nitrogens with zero attached hydrogens (tertiary/aromatic N) is 2. The topological polar surface area (TPSA) is 40.6 Å². The van der Waals surface area contributed by atoms with Gasteiger partial charge in [-0.15, -0.1) is 0 Å². The average molecular weight is 363 g/mol. The molecular weight excluding hydrogens is 336 g/mol. The molecular formula is C20H27ClN2O2. The van der Waals surface area contributed by atoms with Crippen LogP contribution in [0.4, 0.5) is 0 Å². The van der Waals surface area contributed by atoms with Crippen LogP contribution in [0, 0.1) is 0 Å². The van der Waals surface area contributed by atoms with Crippen molar-refractivity contribution < 1.29 is 9.59 Å². The van der Waals surface area contributed by atoms with Crippen LogP contribution < -0.4 is 0 Å². The Morgan fingerprint density at radius 2 is 1.64 bits per heavy atom. The van der Waals surface area contributed by atoms with Crippen LogP contribution in [0.1, 0.15) is 51.0 Å². The van der Waals surface area contributed by atoms with Crippen molar-refractivity contribution in [3.8, 4) is 0 Å².